The fourth-order valence-corrected chi connectivity index (χ4v) is 6.18. The van der Waals surface area contributed by atoms with Crippen LogP contribution in [-0.4, -0.2) is 64.2 Å². The summed E-state index contributed by atoms with van der Waals surface area (Å²) in [4.78, 5) is 18.2. The molecule has 138 valence electrons. The Morgan fingerprint density at radius 2 is 2.19 bits per heavy atom. The maximum Gasteiger partial charge on any atom is 0.257 e. The monoisotopic (exact) mass is 376 g/mol. The number of amides is 1. The maximum absolute atomic E-state index is 12.7. The summed E-state index contributed by atoms with van der Waals surface area (Å²) in [6.07, 6.45) is 5.31. The molecule has 1 atom stereocenters. The molecule has 2 aliphatic heterocycles. The van der Waals surface area contributed by atoms with E-state index in [4.69, 9.17) is 4.74 Å². The Morgan fingerprint density at radius 1 is 1.38 bits per heavy atom. The van der Waals surface area contributed by atoms with Crippen LogP contribution in [-0.2, 0) is 16.9 Å². The van der Waals surface area contributed by atoms with Crippen LogP contribution in [0.3, 0.4) is 0 Å². The third-order valence-corrected chi connectivity index (χ3v) is 7.93. The molecule has 1 spiro atoms. The summed E-state index contributed by atoms with van der Waals surface area (Å²) in [6, 6.07) is 5.36. The molecule has 2 aromatic rings. The molecule has 2 saturated heterocycles. The van der Waals surface area contributed by atoms with Gasteiger partial charge >= 0.3 is 0 Å². The second kappa shape index (κ2) is 6.08. The van der Waals surface area contributed by atoms with Crippen LogP contribution in [0.2, 0.25) is 0 Å². The molecule has 4 heterocycles. The molecule has 2 fully saturated rings. The first kappa shape index (κ1) is 17.0. The molecule has 0 aliphatic carbocycles. The van der Waals surface area contributed by atoms with Gasteiger partial charge in [-0.05, 0) is 12.5 Å². The number of aromatic nitrogens is 3. The van der Waals surface area contributed by atoms with E-state index in [0.717, 1.165) is 0 Å². The first-order valence-corrected chi connectivity index (χ1v) is 10.1. The average molecular weight is 376 g/mol. The molecule has 9 heteroatoms. The summed E-state index contributed by atoms with van der Waals surface area (Å²) < 4.78 is 31.7. The van der Waals surface area contributed by atoms with E-state index in [2.05, 4.69) is 10.1 Å². The van der Waals surface area contributed by atoms with Crippen LogP contribution in [0.25, 0.3) is 0 Å². The van der Waals surface area contributed by atoms with Crippen molar-refractivity contribution in [3.05, 3.63) is 42.4 Å². The summed E-state index contributed by atoms with van der Waals surface area (Å²) in [6.45, 7) is 0.698. The lowest BCUT2D eigenvalue weighted by molar-refractivity contribution is 0.0407. The topological polar surface area (TPSA) is 94.4 Å². The van der Waals surface area contributed by atoms with E-state index in [-0.39, 0.29) is 37.3 Å². The Kier molecular flexibility index (Phi) is 3.98. The molecule has 0 aromatic carbocycles. The number of nitrogens with zero attached hydrogens (tertiary/aromatic N) is 4. The van der Waals surface area contributed by atoms with E-state index in [1.165, 1.54) is 6.20 Å². The van der Waals surface area contributed by atoms with Gasteiger partial charge in [-0.2, -0.15) is 5.10 Å². The fourth-order valence-electron chi connectivity index (χ4n) is 3.78. The largest absolute Gasteiger partial charge is 0.477 e. The highest BCUT2D eigenvalue weighted by Gasteiger charge is 2.62. The predicted octanol–water partition coefficient (Wildman–Crippen LogP) is 0.523. The van der Waals surface area contributed by atoms with Gasteiger partial charge in [-0.1, -0.05) is 6.07 Å². The number of carbonyl (C=O) groups excluding carboxylic acids is 1. The lowest BCUT2D eigenvalue weighted by atomic mass is 9.83. The molecule has 1 amide bonds. The number of pyridine rings is 1. The zero-order valence-corrected chi connectivity index (χ0v) is 15.2. The highest BCUT2D eigenvalue weighted by Crippen LogP contribution is 2.45. The van der Waals surface area contributed by atoms with E-state index in [9.17, 15) is 13.2 Å². The normalized spacial score (nSPS) is 23.0. The van der Waals surface area contributed by atoms with Crippen LogP contribution in [0.5, 0.6) is 5.88 Å². The van der Waals surface area contributed by atoms with Gasteiger partial charge in [0.1, 0.15) is 4.75 Å². The molecule has 0 N–H and O–H groups in total. The van der Waals surface area contributed by atoms with Gasteiger partial charge in [-0.25, -0.2) is 13.4 Å². The van der Waals surface area contributed by atoms with Crippen molar-refractivity contribution in [2.24, 2.45) is 13.0 Å². The van der Waals surface area contributed by atoms with Crippen molar-refractivity contribution in [3.63, 3.8) is 0 Å². The minimum Gasteiger partial charge on any atom is -0.477 e. The number of hydrogen-bond donors (Lipinski definition) is 0. The fraction of sp³-hybridized carbons (Fsp3) is 0.471. The van der Waals surface area contributed by atoms with E-state index in [1.807, 2.05) is 6.07 Å². The van der Waals surface area contributed by atoms with Gasteiger partial charge in [0.25, 0.3) is 5.91 Å². The van der Waals surface area contributed by atoms with Gasteiger partial charge in [0.2, 0.25) is 5.88 Å². The minimum absolute atomic E-state index is 0.137. The van der Waals surface area contributed by atoms with Crippen LogP contribution >= 0.6 is 0 Å². The van der Waals surface area contributed by atoms with E-state index < -0.39 is 14.6 Å². The van der Waals surface area contributed by atoms with Gasteiger partial charge in [-0.15, -0.1) is 0 Å². The molecule has 0 bridgehead atoms. The molecule has 0 unspecified atom stereocenters. The second-order valence-corrected chi connectivity index (χ2v) is 9.36. The molecule has 2 aromatic heterocycles. The smallest absolute Gasteiger partial charge is 0.257 e. The highest BCUT2D eigenvalue weighted by molar-refractivity contribution is 7.93. The summed E-state index contributed by atoms with van der Waals surface area (Å²) >= 11 is 0. The van der Waals surface area contributed by atoms with E-state index in [1.54, 1.807) is 41.2 Å². The molecular weight excluding hydrogens is 356 g/mol. The van der Waals surface area contributed by atoms with Crippen LogP contribution in [0.15, 0.2) is 36.8 Å². The Morgan fingerprint density at radius 3 is 2.85 bits per heavy atom. The number of rotatable bonds is 4. The number of hydrogen-bond acceptors (Lipinski definition) is 6. The third-order valence-electron chi connectivity index (χ3n) is 5.32. The van der Waals surface area contributed by atoms with Gasteiger partial charge in [0.15, 0.2) is 9.84 Å². The molecule has 0 radical (unpaired) electrons. The van der Waals surface area contributed by atoms with Crippen molar-refractivity contribution in [1.29, 1.82) is 0 Å². The molecule has 0 saturated carbocycles. The van der Waals surface area contributed by atoms with Gasteiger partial charge in [0, 0.05) is 44.5 Å². The van der Waals surface area contributed by atoms with Crippen molar-refractivity contribution in [2.75, 3.05) is 25.4 Å². The number of likely N-dealkylation sites (tertiary alicyclic amines) is 1. The lowest BCUT2D eigenvalue weighted by Gasteiger charge is -2.49. The van der Waals surface area contributed by atoms with E-state index >= 15 is 0 Å². The summed E-state index contributed by atoms with van der Waals surface area (Å²) in [5.41, 5.74) is 0.471. The van der Waals surface area contributed by atoms with Gasteiger partial charge in [-0.3, -0.25) is 9.48 Å². The van der Waals surface area contributed by atoms with Crippen LogP contribution < -0.4 is 4.74 Å². The summed E-state index contributed by atoms with van der Waals surface area (Å²) in [7, 11) is -1.53. The lowest BCUT2D eigenvalue weighted by Crippen LogP contribution is -2.68. The standard InChI is InChI=1S/C17H20N4O4S/c1-20-9-13(8-19-20)16(22)21-11-17(12-21)14(5-7-26(17,23)24)10-25-15-4-2-3-6-18-15/h2-4,6,8-9,14H,5,7,10-12H2,1H3/t14-/m1/s1. The molecule has 2 aliphatic rings. The number of carbonyl (C=O) groups is 1. The van der Waals surface area contributed by atoms with Crippen LogP contribution in [0.1, 0.15) is 16.8 Å². The van der Waals surface area contributed by atoms with Crippen molar-refractivity contribution in [3.8, 4) is 5.88 Å². The van der Waals surface area contributed by atoms with Crippen LogP contribution in [0, 0.1) is 5.92 Å². The number of sulfone groups is 1. The summed E-state index contributed by atoms with van der Waals surface area (Å²) in [5, 5.41) is 4.00. The Balaban J connectivity index is 1.47. The first-order chi connectivity index (χ1) is 12.4. The van der Waals surface area contributed by atoms with Gasteiger partial charge in [0.05, 0.1) is 24.1 Å². The molecule has 8 nitrogen and oxygen atoms in total. The van der Waals surface area contributed by atoms with Crippen molar-refractivity contribution in [1.82, 2.24) is 19.7 Å². The number of ether oxygens (including phenoxy) is 1. The molecule has 4 rings (SSSR count). The van der Waals surface area contributed by atoms with Crippen molar-refractivity contribution < 1.29 is 17.9 Å². The molecular formula is C17H20N4O4S. The quantitative estimate of drug-likeness (QED) is 0.772. The Hall–Kier alpha value is -2.42. The minimum atomic E-state index is -3.26. The highest BCUT2D eigenvalue weighted by atomic mass is 32.2. The first-order valence-electron chi connectivity index (χ1n) is 8.45. The summed E-state index contributed by atoms with van der Waals surface area (Å²) in [5.74, 6) is 0.287. The van der Waals surface area contributed by atoms with Crippen molar-refractivity contribution in [2.45, 2.75) is 11.2 Å². The zero-order valence-electron chi connectivity index (χ0n) is 14.4. The third kappa shape index (κ3) is 2.66. The average Bonchev–Trinajstić information content (AvgIpc) is 3.13. The predicted molar refractivity (Wildman–Crippen MR) is 93.5 cm³/mol. The van der Waals surface area contributed by atoms with Crippen molar-refractivity contribution >= 4 is 15.7 Å². The Bertz CT molecular complexity index is 919. The van der Waals surface area contributed by atoms with Gasteiger partial charge < -0.3 is 9.64 Å². The zero-order chi connectivity index (χ0) is 18.4. The molecule has 26 heavy (non-hydrogen) atoms. The second-order valence-electron chi connectivity index (χ2n) is 6.91. The number of aryl methyl sites for hydroxylation is 1. The Labute approximate surface area is 151 Å². The maximum atomic E-state index is 12.7. The SMILES string of the molecule is Cn1cc(C(=O)N2CC3(C2)[C@@H](COc2ccccn2)CCS3(=O)=O)cn1. The van der Waals surface area contributed by atoms with E-state index in [0.29, 0.717) is 17.9 Å². The van der Waals surface area contributed by atoms with Crippen LogP contribution in [0.4, 0.5) is 0 Å².